The third-order valence-electron chi connectivity index (χ3n) is 1.59. The van der Waals surface area contributed by atoms with E-state index in [9.17, 15) is 17.2 Å². The molecule has 8 heteroatoms. The molecule has 0 radical (unpaired) electrons. The molecule has 4 nitrogen and oxygen atoms in total. The van der Waals surface area contributed by atoms with Crippen LogP contribution in [-0.4, -0.2) is 13.4 Å². The van der Waals surface area contributed by atoms with E-state index in [-0.39, 0.29) is 10.7 Å². The summed E-state index contributed by atoms with van der Waals surface area (Å²) >= 11 is 5.50. The van der Waals surface area contributed by atoms with Crippen LogP contribution in [0.5, 0.6) is 0 Å². The number of pyridine rings is 1. The van der Waals surface area contributed by atoms with E-state index in [1.54, 1.807) is 0 Å². The van der Waals surface area contributed by atoms with Crippen LogP contribution in [0.15, 0.2) is 11.1 Å². The van der Waals surface area contributed by atoms with Gasteiger partial charge in [0.2, 0.25) is 0 Å². The molecule has 1 heterocycles. The number of aryl methyl sites for hydroxylation is 1. The Balaban J connectivity index is 3.62. The molecule has 0 atom stereocenters. The summed E-state index contributed by atoms with van der Waals surface area (Å²) in [5.74, 6) is 0. The highest BCUT2D eigenvalue weighted by molar-refractivity contribution is 7.89. The van der Waals surface area contributed by atoms with Gasteiger partial charge in [-0.2, -0.15) is 0 Å². The summed E-state index contributed by atoms with van der Waals surface area (Å²) in [4.78, 5) is 3.45. The summed E-state index contributed by atoms with van der Waals surface area (Å²) in [5, 5.41) is 3.52. The lowest BCUT2D eigenvalue weighted by molar-refractivity contribution is 0.147. The standard InChI is InChI=1S/C7H7ClF2N2O2S/c1-3-2-4(8)5(6(9)10)7(12-3)15(11,13)14/h2,6H,1H3,(H2,11,13,14). The number of nitrogens with zero attached hydrogens (tertiary/aromatic N) is 1. The average molecular weight is 257 g/mol. The minimum Gasteiger partial charge on any atom is -0.240 e. The van der Waals surface area contributed by atoms with Crippen molar-refractivity contribution >= 4 is 21.6 Å². The molecule has 0 amide bonds. The van der Waals surface area contributed by atoms with Crippen molar-refractivity contribution in [3.05, 3.63) is 22.3 Å². The van der Waals surface area contributed by atoms with Crippen LogP contribution in [0.3, 0.4) is 0 Å². The molecule has 0 aliphatic heterocycles. The van der Waals surface area contributed by atoms with Gasteiger partial charge in [-0.3, -0.25) is 0 Å². The van der Waals surface area contributed by atoms with Crippen molar-refractivity contribution in [1.29, 1.82) is 0 Å². The maximum Gasteiger partial charge on any atom is 0.268 e. The number of hydrogen-bond donors (Lipinski definition) is 1. The predicted molar refractivity (Wildman–Crippen MR) is 50.3 cm³/mol. The van der Waals surface area contributed by atoms with Crippen LogP contribution in [0.4, 0.5) is 8.78 Å². The van der Waals surface area contributed by atoms with Crippen LogP contribution in [0.1, 0.15) is 17.7 Å². The molecule has 1 rings (SSSR count). The van der Waals surface area contributed by atoms with Gasteiger partial charge in [0.05, 0.1) is 10.6 Å². The summed E-state index contributed by atoms with van der Waals surface area (Å²) in [6.07, 6.45) is -3.04. The molecule has 0 saturated carbocycles. The number of halogens is 3. The second kappa shape index (κ2) is 3.99. The van der Waals surface area contributed by atoms with E-state index in [1.807, 2.05) is 0 Å². The van der Waals surface area contributed by atoms with Crippen molar-refractivity contribution in [1.82, 2.24) is 4.98 Å². The second-order valence-corrected chi connectivity index (χ2v) is 4.69. The SMILES string of the molecule is Cc1cc(Cl)c(C(F)F)c(S(N)(=O)=O)n1. The lowest BCUT2D eigenvalue weighted by atomic mass is 10.2. The predicted octanol–water partition coefficient (Wildman–Crippen LogP) is 1.63. The number of primary sulfonamides is 1. The number of alkyl halides is 2. The lowest BCUT2D eigenvalue weighted by Gasteiger charge is -2.08. The van der Waals surface area contributed by atoms with Gasteiger partial charge in [0.25, 0.3) is 16.4 Å². The summed E-state index contributed by atoms with van der Waals surface area (Å²) in [5.41, 5.74) is -0.654. The maximum absolute atomic E-state index is 12.5. The van der Waals surface area contributed by atoms with Gasteiger partial charge < -0.3 is 0 Å². The Bertz CT molecular complexity index is 490. The van der Waals surface area contributed by atoms with E-state index in [2.05, 4.69) is 4.98 Å². The normalized spacial score (nSPS) is 12.1. The van der Waals surface area contributed by atoms with Gasteiger partial charge in [-0.15, -0.1) is 0 Å². The highest BCUT2D eigenvalue weighted by Crippen LogP contribution is 2.31. The van der Waals surface area contributed by atoms with Crippen molar-refractivity contribution in [3.8, 4) is 0 Å². The summed E-state index contributed by atoms with van der Waals surface area (Å²) in [6.45, 7) is 1.43. The molecule has 0 aliphatic rings. The molecule has 0 spiro atoms. The molecule has 0 aromatic carbocycles. The second-order valence-electron chi connectivity index (χ2n) is 2.81. The van der Waals surface area contributed by atoms with Gasteiger partial charge in [0, 0.05) is 5.69 Å². The zero-order valence-electron chi connectivity index (χ0n) is 7.54. The molecule has 1 aromatic heterocycles. The summed E-state index contributed by atoms with van der Waals surface area (Å²) in [7, 11) is -4.30. The number of aromatic nitrogens is 1. The van der Waals surface area contributed by atoms with Crippen molar-refractivity contribution in [2.24, 2.45) is 5.14 Å². The topological polar surface area (TPSA) is 73.1 Å². The van der Waals surface area contributed by atoms with Crippen molar-refractivity contribution < 1.29 is 17.2 Å². The third-order valence-corrected chi connectivity index (χ3v) is 2.75. The Labute approximate surface area is 90.1 Å². The first-order chi connectivity index (χ1) is 6.73. The minimum atomic E-state index is -4.30. The van der Waals surface area contributed by atoms with Crippen molar-refractivity contribution in [3.63, 3.8) is 0 Å². The first kappa shape index (κ1) is 12.3. The van der Waals surface area contributed by atoms with Crippen LogP contribution >= 0.6 is 11.6 Å². The van der Waals surface area contributed by atoms with Gasteiger partial charge in [0.1, 0.15) is 0 Å². The Hall–Kier alpha value is -0.790. The van der Waals surface area contributed by atoms with Crippen molar-refractivity contribution in [2.75, 3.05) is 0 Å². The smallest absolute Gasteiger partial charge is 0.240 e. The van der Waals surface area contributed by atoms with E-state index >= 15 is 0 Å². The summed E-state index contributed by atoms with van der Waals surface area (Å²) in [6, 6.07) is 1.15. The number of nitrogens with two attached hydrogens (primary N) is 1. The lowest BCUT2D eigenvalue weighted by Crippen LogP contribution is -2.17. The number of hydrogen-bond acceptors (Lipinski definition) is 3. The molecule has 15 heavy (non-hydrogen) atoms. The average Bonchev–Trinajstić information content (AvgIpc) is 1.99. The highest BCUT2D eigenvalue weighted by atomic mass is 35.5. The van der Waals surface area contributed by atoms with Crippen LogP contribution in [-0.2, 0) is 10.0 Å². The molecule has 2 N–H and O–H groups in total. The molecular formula is C7H7ClF2N2O2S. The largest absolute Gasteiger partial charge is 0.268 e. The molecule has 0 fully saturated rings. The fourth-order valence-corrected chi connectivity index (χ4v) is 2.19. The first-order valence-corrected chi connectivity index (χ1v) is 5.64. The van der Waals surface area contributed by atoms with E-state index < -0.39 is 27.0 Å². The van der Waals surface area contributed by atoms with Gasteiger partial charge in [-0.05, 0) is 13.0 Å². The molecule has 0 unspecified atom stereocenters. The Morgan fingerprint density at radius 1 is 1.53 bits per heavy atom. The third kappa shape index (κ3) is 2.61. The quantitative estimate of drug-likeness (QED) is 0.874. The number of sulfonamides is 1. The van der Waals surface area contributed by atoms with Gasteiger partial charge in [0.15, 0.2) is 5.03 Å². The molecule has 84 valence electrons. The van der Waals surface area contributed by atoms with Crippen LogP contribution < -0.4 is 5.14 Å². The fraction of sp³-hybridized carbons (Fsp3) is 0.286. The fourth-order valence-electron chi connectivity index (χ4n) is 1.03. The van der Waals surface area contributed by atoms with E-state index in [4.69, 9.17) is 16.7 Å². The van der Waals surface area contributed by atoms with Crippen molar-refractivity contribution in [2.45, 2.75) is 18.4 Å². The van der Waals surface area contributed by atoms with E-state index in [1.165, 1.54) is 6.92 Å². The molecule has 0 bridgehead atoms. The van der Waals surface area contributed by atoms with Crippen LogP contribution in [0.25, 0.3) is 0 Å². The minimum absolute atomic E-state index is 0.202. The zero-order valence-corrected chi connectivity index (χ0v) is 9.11. The summed E-state index contributed by atoms with van der Waals surface area (Å²) < 4.78 is 47.0. The van der Waals surface area contributed by atoms with Gasteiger partial charge in [-0.1, -0.05) is 11.6 Å². The van der Waals surface area contributed by atoms with Crippen LogP contribution in [0.2, 0.25) is 5.02 Å². The highest BCUT2D eigenvalue weighted by Gasteiger charge is 2.25. The molecular weight excluding hydrogens is 250 g/mol. The maximum atomic E-state index is 12.5. The molecule has 0 saturated heterocycles. The zero-order chi connectivity index (χ0) is 11.8. The Kier molecular flexibility index (Phi) is 3.27. The van der Waals surface area contributed by atoms with E-state index in [0.717, 1.165) is 6.07 Å². The first-order valence-electron chi connectivity index (χ1n) is 3.71. The molecule has 0 aliphatic carbocycles. The molecule has 1 aromatic rings. The number of rotatable bonds is 2. The Morgan fingerprint density at radius 3 is 2.47 bits per heavy atom. The Morgan fingerprint density at radius 2 is 2.07 bits per heavy atom. The monoisotopic (exact) mass is 256 g/mol. The van der Waals surface area contributed by atoms with Crippen LogP contribution in [0, 0.1) is 6.92 Å². The van der Waals surface area contributed by atoms with Gasteiger partial charge >= 0.3 is 0 Å². The van der Waals surface area contributed by atoms with E-state index in [0.29, 0.717) is 0 Å². The van der Waals surface area contributed by atoms with Gasteiger partial charge in [-0.25, -0.2) is 27.3 Å².